The van der Waals surface area contributed by atoms with Gasteiger partial charge in [0.25, 0.3) is 5.91 Å². The summed E-state index contributed by atoms with van der Waals surface area (Å²) in [6.45, 7) is 5.60. The van der Waals surface area contributed by atoms with Crippen LogP contribution in [0.5, 0.6) is 0 Å². The van der Waals surface area contributed by atoms with Gasteiger partial charge in [0.05, 0.1) is 15.7 Å². The van der Waals surface area contributed by atoms with Crippen LogP contribution in [0.3, 0.4) is 0 Å². The molecule has 7 nitrogen and oxygen atoms in total. The van der Waals surface area contributed by atoms with Crippen molar-refractivity contribution in [1.82, 2.24) is 25.7 Å². The van der Waals surface area contributed by atoms with Crippen LogP contribution in [0.2, 0.25) is 10.0 Å². The van der Waals surface area contributed by atoms with Gasteiger partial charge < -0.3 is 16.0 Å². The molecule has 3 N–H and O–H groups in total. The van der Waals surface area contributed by atoms with Crippen LogP contribution in [0.25, 0.3) is 0 Å². The van der Waals surface area contributed by atoms with Crippen LogP contribution in [-0.2, 0) is 13.6 Å². The molecule has 2 aromatic rings. The topological polar surface area (TPSA) is 83.3 Å². The molecule has 9 heteroatoms. The van der Waals surface area contributed by atoms with E-state index < -0.39 is 0 Å². The summed E-state index contributed by atoms with van der Waals surface area (Å²) in [4.78, 5) is 16.3. The Hall–Kier alpha value is -2.25. The van der Waals surface area contributed by atoms with Crippen molar-refractivity contribution in [2.75, 3.05) is 20.1 Å². The Labute approximate surface area is 169 Å². The first-order valence-electron chi connectivity index (χ1n) is 8.50. The second kappa shape index (κ2) is 9.62. The standard InChI is InChI=1S/C18H24Cl2N6O/c1-11-14(12(2)26(4)25-11)10-24-18(21-3)23-8-7-22-17(27)13-5-6-15(19)16(20)9-13/h5-6,9H,7-8,10H2,1-4H3,(H,22,27)(H2,21,23,24). The van der Waals surface area contributed by atoms with E-state index in [1.54, 1.807) is 25.2 Å². The third kappa shape index (κ3) is 5.61. The molecule has 0 bridgehead atoms. The summed E-state index contributed by atoms with van der Waals surface area (Å²) in [5.74, 6) is 0.446. The molecule has 0 aliphatic heterocycles. The van der Waals surface area contributed by atoms with Crippen molar-refractivity contribution in [3.05, 3.63) is 50.8 Å². The minimum absolute atomic E-state index is 0.208. The van der Waals surface area contributed by atoms with E-state index >= 15 is 0 Å². The van der Waals surface area contributed by atoms with Crippen LogP contribution in [-0.4, -0.2) is 41.8 Å². The van der Waals surface area contributed by atoms with E-state index in [4.69, 9.17) is 23.2 Å². The van der Waals surface area contributed by atoms with Gasteiger partial charge in [-0.3, -0.25) is 14.5 Å². The van der Waals surface area contributed by atoms with E-state index in [2.05, 4.69) is 26.0 Å². The molecular formula is C18H24Cl2N6O. The molecule has 0 radical (unpaired) electrons. The van der Waals surface area contributed by atoms with Crippen molar-refractivity contribution in [1.29, 1.82) is 0 Å². The average Bonchev–Trinajstić information content (AvgIpc) is 2.88. The van der Waals surface area contributed by atoms with Crippen molar-refractivity contribution >= 4 is 35.1 Å². The molecule has 1 amide bonds. The van der Waals surface area contributed by atoms with Gasteiger partial charge in [-0.25, -0.2) is 0 Å². The molecule has 0 aliphatic carbocycles. The van der Waals surface area contributed by atoms with E-state index in [9.17, 15) is 4.79 Å². The number of rotatable bonds is 6. The minimum Gasteiger partial charge on any atom is -0.355 e. The highest BCUT2D eigenvalue weighted by Crippen LogP contribution is 2.22. The predicted molar refractivity (Wildman–Crippen MR) is 110 cm³/mol. The van der Waals surface area contributed by atoms with Crippen LogP contribution in [0.15, 0.2) is 23.2 Å². The number of aryl methyl sites for hydroxylation is 2. The van der Waals surface area contributed by atoms with Gasteiger partial charge in [0, 0.05) is 50.6 Å². The number of carbonyl (C=O) groups excluding carboxylic acids is 1. The zero-order chi connectivity index (χ0) is 20.0. The number of amides is 1. The van der Waals surface area contributed by atoms with Crippen LogP contribution in [0, 0.1) is 13.8 Å². The molecule has 0 fully saturated rings. The quantitative estimate of drug-likeness (QED) is 0.387. The molecule has 146 valence electrons. The Morgan fingerprint density at radius 3 is 2.44 bits per heavy atom. The number of carbonyl (C=O) groups is 1. The van der Waals surface area contributed by atoms with Crippen molar-refractivity contribution in [3.8, 4) is 0 Å². The van der Waals surface area contributed by atoms with Gasteiger partial charge >= 0.3 is 0 Å². The maximum absolute atomic E-state index is 12.1. The lowest BCUT2D eigenvalue weighted by atomic mass is 10.2. The third-order valence-electron chi connectivity index (χ3n) is 4.20. The summed E-state index contributed by atoms with van der Waals surface area (Å²) in [6.07, 6.45) is 0. The average molecular weight is 411 g/mol. The number of nitrogens with one attached hydrogen (secondary N) is 3. The largest absolute Gasteiger partial charge is 0.355 e. The highest BCUT2D eigenvalue weighted by molar-refractivity contribution is 6.42. The molecule has 1 aromatic carbocycles. The number of benzene rings is 1. The van der Waals surface area contributed by atoms with E-state index in [0.717, 1.165) is 17.0 Å². The maximum Gasteiger partial charge on any atom is 0.251 e. The number of hydrogen-bond acceptors (Lipinski definition) is 3. The molecule has 0 aliphatic rings. The summed E-state index contributed by atoms with van der Waals surface area (Å²) in [7, 11) is 3.63. The van der Waals surface area contributed by atoms with Gasteiger partial charge in [-0.2, -0.15) is 5.10 Å². The molecule has 1 aromatic heterocycles. The van der Waals surface area contributed by atoms with Crippen LogP contribution >= 0.6 is 23.2 Å². The summed E-state index contributed by atoms with van der Waals surface area (Å²) in [5, 5.41) is 14.4. The zero-order valence-electron chi connectivity index (χ0n) is 15.9. The molecule has 0 saturated carbocycles. The van der Waals surface area contributed by atoms with E-state index in [0.29, 0.717) is 41.2 Å². The fourth-order valence-electron chi connectivity index (χ4n) is 2.56. The maximum atomic E-state index is 12.1. The lowest BCUT2D eigenvalue weighted by molar-refractivity contribution is 0.0954. The predicted octanol–water partition coefficient (Wildman–Crippen LogP) is 2.44. The number of nitrogens with zero attached hydrogens (tertiary/aromatic N) is 3. The van der Waals surface area contributed by atoms with E-state index in [1.165, 1.54) is 0 Å². The van der Waals surface area contributed by atoms with Crippen LogP contribution in [0.4, 0.5) is 0 Å². The second-order valence-corrected chi connectivity index (χ2v) is 6.82. The highest BCUT2D eigenvalue weighted by Gasteiger charge is 2.10. The molecule has 0 unspecified atom stereocenters. The number of aromatic nitrogens is 2. The van der Waals surface area contributed by atoms with Gasteiger partial charge in [0.1, 0.15) is 0 Å². The Morgan fingerprint density at radius 2 is 1.85 bits per heavy atom. The second-order valence-electron chi connectivity index (χ2n) is 6.01. The first kappa shape index (κ1) is 21.1. The molecule has 0 atom stereocenters. The lowest BCUT2D eigenvalue weighted by Gasteiger charge is -2.13. The third-order valence-corrected chi connectivity index (χ3v) is 4.94. The number of hydrogen-bond donors (Lipinski definition) is 3. The Balaban J connectivity index is 1.77. The zero-order valence-corrected chi connectivity index (χ0v) is 17.4. The summed E-state index contributed by atoms with van der Waals surface area (Å²) >= 11 is 11.8. The fraction of sp³-hybridized carbons (Fsp3) is 0.389. The monoisotopic (exact) mass is 410 g/mol. The summed E-state index contributed by atoms with van der Waals surface area (Å²) < 4.78 is 1.86. The smallest absolute Gasteiger partial charge is 0.251 e. The minimum atomic E-state index is -0.208. The Bertz CT molecular complexity index is 847. The van der Waals surface area contributed by atoms with E-state index in [1.807, 2.05) is 25.6 Å². The fourth-order valence-corrected chi connectivity index (χ4v) is 2.86. The van der Waals surface area contributed by atoms with Crippen molar-refractivity contribution in [3.63, 3.8) is 0 Å². The Kier molecular flexibility index (Phi) is 7.50. The van der Waals surface area contributed by atoms with Gasteiger partial charge in [0.2, 0.25) is 0 Å². The van der Waals surface area contributed by atoms with Crippen LogP contribution in [0.1, 0.15) is 27.3 Å². The van der Waals surface area contributed by atoms with Crippen LogP contribution < -0.4 is 16.0 Å². The molecule has 2 rings (SSSR count). The Morgan fingerprint density at radius 1 is 1.15 bits per heavy atom. The molecule has 27 heavy (non-hydrogen) atoms. The lowest BCUT2D eigenvalue weighted by Crippen LogP contribution is -2.41. The van der Waals surface area contributed by atoms with Crippen molar-refractivity contribution < 1.29 is 4.79 Å². The van der Waals surface area contributed by atoms with Crippen molar-refractivity contribution in [2.45, 2.75) is 20.4 Å². The number of aliphatic imine (C=N–C) groups is 1. The summed E-state index contributed by atoms with van der Waals surface area (Å²) in [5.41, 5.74) is 3.72. The first-order valence-corrected chi connectivity index (χ1v) is 9.26. The first-order chi connectivity index (χ1) is 12.8. The molecule has 0 saturated heterocycles. The number of halogens is 2. The number of guanidine groups is 1. The summed E-state index contributed by atoms with van der Waals surface area (Å²) in [6, 6.07) is 4.78. The normalized spacial score (nSPS) is 11.4. The van der Waals surface area contributed by atoms with Gasteiger partial charge in [-0.15, -0.1) is 0 Å². The highest BCUT2D eigenvalue weighted by atomic mass is 35.5. The van der Waals surface area contributed by atoms with Gasteiger partial charge in [-0.05, 0) is 32.0 Å². The molecule has 0 spiro atoms. The van der Waals surface area contributed by atoms with E-state index in [-0.39, 0.29) is 5.91 Å². The van der Waals surface area contributed by atoms with Gasteiger partial charge in [0.15, 0.2) is 5.96 Å². The SMILES string of the molecule is CN=C(NCCNC(=O)c1ccc(Cl)c(Cl)c1)NCc1c(C)nn(C)c1C. The van der Waals surface area contributed by atoms with Crippen molar-refractivity contribution in [2.24, 2.45) is 12.0 Å². The molecule has 1 heterocycles. The molecular weight excluding hydrogens is 387 g/mol. The van der Waals surface area contributed by atoms with Gasteiger partial charge in [-0.1, -0.05) is 23.2 Å².